The molecule has 0 aromatic heterocycles. The summed E-state index contributed by atoms with van der Waals surface area (Å²) >= 11 is 0. The molecule has 0 heterocycles. The average Bonchev–Trinajstić information content (AvgIpc) is 2.19. The van der Waals surface area contributed by atoms with Crippen LogP contribution in [0.15, 0.2) is 30.3 Å². The van der Waals surface area contributed by atoms with Gasteiger partial charge in [0.2, 0.25) is 0 Å². The van der Waals surface area contributed by atoms with Crippen LogP contribution in [-0.4, -0.2) is 27.7 Å². The lowest BCUT2D eigenvalue weighted by Gasteiger charge is -2.22. The van der Waals surface area contributed by atoms with Gasteiger partial charge in [-0.2, -0.15) is 0 Å². The van der Waals surface area contributed by atoms with Gasteiger partial charge in [-0.05, 0) is 12.1 Å². The number of hydrogen-bond acceptors (Lipinski definition) is 3. The Morgan fingerprint density at radius 1 is 1.00 bits per heavy atom. The summed E-state index contributed by atoms with van der Waals surface area (Å²) < 4.78 is 10.1. The first kappa shape index (κ1) is 10.0. The maximum atomic E-state index is 5.06. The molecule has 0 saturated carbocycles. The predicted molar refractivity (Wildman–Crippen MR) is 52.7 cm³/mol. The first-order chi connectivity index (χ1) is 6.38. The van der Waals surface area contributed by atoms with E-state index in [4.69, 9.17) is 9.47 Å². The summed E-state index contributed by atoms with van der Waals surface area (Å²) in [6.45, 7) is 1.08. The number of para-hydroxylation sites is 1. The predicted octanol–water partition coefficient (Wildman–Crippen LogP) is 1.70. The second-order valence-electron chi connectivity index (χ2n) is 2.71. The van der Waals surface area contributed by atoms with Crippen LogP contribution in [0.1, 0.15) is 0 Å². The van der Waals surface area contributed by atoms with Gasteiger partial charge in [-0.25, -0.2) is 0 Å². The molecule has 0 aliphatic heterocycles. The van der Waals surface area contributed by atoms with Crippen molar-refractivity contribution in [1.82, 2.24) is 0 Å². The standard InChI is InChI=1S/C10H15NO2/c1-12-8-11(9-13-2)10-6-4-3-5-7-10/h3-7H,8-9H2,1-2H3. The van der Waals surface area contributed by atoms with Crippen LogP contribution in [0.25, 0.3) is 0 Å². The Morgan fingerprint density at radius 2 is 1.54 bits per heavy atom. The molecule has 72 valence electrons. The maximum absolute atomic E-state index is 5.06. The van der Waals surface area contributed by atoms with Crippen molar-refractivity contribution < 1.29 is 9.47 Å². The van der Waals surface area contributed by atoms with Gasteiger partial charge in [0.15, 0.2) is 0 Å². The molecular formula is C10H15NO2. The Bertz CT molecular complexity index is 220. The van der Waals surface area contributed by atoms with E-state index in [1.807, 2.05) is 35.2 Å². The lowest BCUT2D eigenvalue weighted by molar-refractivity contribution is 0.140. The van der Waals surface area contributed by atoms with Crippen LogP contribution >= 0.6 is 0 Å². The molecular weight excluding hydrogens is 166 g/mol. The molecule has 0 saturated heterocycles. The lowest BCUT2D eigenvalue weighted by Crippen LogP contribution is -2.27. The number of rotatable bonds is 5. The van der Waals surface area contributed by atoms with E-state index in [0.717, 1.165) is 5.69 Å². The molecule has 0 unspecified atom stereocenters. The minimum Gasteiger partial charge on any atom is -0.364 e. The molecule has 1 aromatic carbocycles. The fraction of sp³-hybridized carbons (Fsp3) is 0.400. The third-order valence-corrected chi connectivity index (χ3v) is 1.69. The van der Waals surface area contributed by atoms with Gasteiger partial charge >= 0.3 is 0 Å². The first-order valence-corrected chi connectivity index (χ1v) is 4.16. The van der Waals surface area contributed by atoms with E-state index in [-0.39, 0.29) is 0 Å². The van der Waals surface area contributed by atoms with Crippen molar-refractivity contribution in [3.63, 3.8) is 0 Å². The zero-order valence-electron chi connectivity index (χ0n) is 8.06. The van der Waals surface area contributed by atoms with Crippen LogP contribution in [-0.2, 0) is 9.47 Å². The molecule has 0 N–H and O–H groups in total. The molecule has 3 heteroatoms. The molecule has 1 aromatic rings. The zero-order valence-corrected chi connectivity index (χ0v) is 8.06. The summed E-state index contributed by atoms with van der Waals surface area (Å²) in [6.07, 6.45) is 0. The molecule has 0 bridgehead atoms. The number of anilines is 1. The van der Waals surface area contributed by atoms with Crippen LogP contribution in [0.4, 0.5) is 5.69 Å². The smallest absolute Gasteiger partial charge is 0.120 e. The van der Waals surface area contributed by atoms with Crippen molar-refractivity contribution in [3.8, 4) is 0 Å². The molecule has 13 heavy (non-hydrogen) atoms. The van der Waals surface area contributed by atoms with Crippen LogP contribution in [0, 0.1) is 0 Å². The Kier molecular flexibility index (Phi) is 4.29. The van der Waals surface area contributed by atoms with Crippen molar-refractivity contribution in [2.24, 2.45) is 0 Å². The second-order valence-corrected chi connectivity index (χ2v) is 2.71. The van der Waals surface area contributed by atoms with Crippen LogP contribution in [0.2, 0.25) is 0 Å². The van der Waals surface area contributed by atoms with E-state index in [2.05, 4.69) is 0 Å². The van der Waals surface area contributed by atoms with Gasteiger partial charge in [0.1, 0.15) is 13.5 Å². The van der Waals surface area contributed by atoms with Crippen molar-refractivity contribution in [2.45, 2.75) is 0 Å². The highest BCUT2D eigenvalue weighted by Gasteiger charge is 2.02. The van der Waals surface area contributed by atoms with E-state index in [0.29, 0.717) is 13.5 Å². The number of nitrogens with zero attached hydrogens (tertiary/aromatic N) is 1. The molecule has 0 radical (unpaired) electrons. The van der Waals surface area contributed by atoms with E-state index >= 15 is 0 Å². The first-order valence-electron chi connectivity index (χ1n) is 4.16. The van der Waals surface area contributed by atoms with E-state index in [1.165, 1.54) is 0 Å². The minimum atomic E-state index is 0.540. The van der Waals surface area contributed by atoms with Gasteiger partial charge in [-0.15, -0.1) is 0 Å². The van der Waals surface area contributed by atoms with Gasteiger partial charge in [0.25, 0.3) is 0 Å². The number of hydrogen-bond donors (Lipinski definition) is 0. The Balaban J connectivity index is 2.64. The average molecular weight is 181 g/mol. The Labute approximate surface area is 78.9 Å². The van der Waals surface area contributed by atoms with Crippen LogP contribution in [0.5, 0.6) is 0 Å². The minimum absolute atomic E-state index is 0.540. The molecule has 0 aliphatic carbocycles. The molecule has 0 amide bonds. The molecule has 1 rings (SSSR count). The van der Waals surface area contributed by atoms with Gasteiger partial charge < -0.3 is 14.4 Å². The third kappa shape index (κ3) is 3.05. The summed E-state index contributed by atoms with van der Waals surface area (Å²) in [7, 11) is 3.34. The zero-order chi connectivity index (χ0) is 9.52. The van der Waals surface area contributed by atoms with E-state index in [1.54, 1.807) is 14.2 Å². The van der Waals surface area contributed by atoms with E-state index < -0.39 is 0 Å². The van der Waals surface area contributed by atoms with Gasteiger partial charge in [0, 0.05) is 19.9 Å². The third-order valence-electron chi connectivity index (χ3n) is 1.69. The fourth-order valence-corrected chi connectivity index (χ4v) is 1.14. The Hall–Kier alpha value is -1.06. The summed E-state index contributed by atoms with van der Waals surface area (Å²) in [5.74, 6) is 0. The highest BCUT2D eigenvalue weighted by Crippen LogP contribution is 2.12. The normalized spacial score (nSPS) is 10.0. The monoisotopic (exact) mass is 181 g/mol. The summed E-state index contributed by atoms with van der Waals surface area (Å²) in [5, 5.41) is 0. The maximum Gasteiger partial charge on any atom is 0.120 e. The molecule has 0 aliphatic rings. The number of benzene rings is 1. The largest absolute Gasteiger partial charge is 0.364 e. The quantitative estimate of drug-likeness (QED) is 0.645. The highest BCUT2D eigenvalue weighted by molar-refractivity contribution is 5.44. The highest BCUT2D eigenvalue weighted by atomic mass is 16.5. The summed E-state index contributed by atoms with van der Waals surface area (Å²) in [4.78, 5) is 2.00. The molecule has 3 nitrogen and oxygen atoms in total. The SMILES string of the molecule is COCN(COC)c1ccccc1. The topological polar surface area (TPSA) is 21.7 Å². The number of methoxy groups -OCH3 is 2. The van der Waals surface area contributed by atoms with Crippen molar-refractivity contribution in [2.75, 3.05) is 32.6 Å². The second kappa shape index (κ2) is 5.56. The lowest BCUT2D eigenvalue weighted by atomic mass is 10.3. The van der Waals surface area contributed by atoms with Gasteiger partial charge in [-0.3, -0.25) is 0 Å². The van der Waals surface area contributed by atoms with Crippen LogP contribution < -0.4 is 4.90 Å². The molecule has 0 fully saturated rings. The fourth-order valence-electron chi connectivity index (χ4n) is 1.14. The van der Waals surface area contributed by atoms with Gasteiger partial charge in [-0.1, -0.05) is 18.2 Å². The van der Waals surface area contributed by atoms with Crippen molar-refractivity contribution in [1.29, 1.82) is 0 Å². The van der Waals surface area contributed by atoms with Gasteiger partial charge in [0.05, 0.1) is 0 Å². The number of ether oxygens (including phenoxy) is 2. The Morgan fingerprint density at radius 3 is 2.00 bits per heavy atom. The van der Waals surface area contributed by atoms with Crippen LogP contribution in [0.3, 0.4) is 0 Å². The summed E-state index contributed by atoms with van der Waals surface area (Å²) in [6, 6.07) is 10.0. The molecule has 0 spiro atoms. The summed E-state index contributed by atoms with van der Waals surface area (Å²) in [5.41, 5.74) is 1.10. The van der Waals surface area contributed by atoms with Crippen molar-refractivity contribution >= 4 is 5.69 Å². The van der Waals surface area contributed by atoms with E-state index in [9.17, 15) is 0 Å². The van der Waals surface area contributed by atoms with Crippen molar-refractivity contribution in [3.05, 3.63) is 30.3 Å². The molecule has 0 atom stereocenters.